The maximum absolute atomic E-state index is 10.8. The first-order valence-corrected chi connectivity index (χ1v) is 2.76. The smallest absolute Gasteiger partial charge is 0.358 e. The highest BCUT2D eigenvalue weighted by atomic mass is 16.5. The molecule has 1 rings (SSSR count). The Labute approximate surface area is 58.2 Å². The zero-order chi connectivity index (χ0) is 7.56. The molecular formula is C6H7N2O2. The molecule has 0 aliphatic carbocycles. The van der Waals surface area contributed by atoms with E-state index in [1.807, 2.05) is 0 Å². The molecule has 1 aromatic heterocycles. The van der Waals surface area contributed by atoms with Gasteiger partial charge in [-0.05, 0) is 6.92 Å². The molecule has 1 N–H and O–H groups in total. The highest BCUT2D eigenvalue weighted by Gasteiger charge is 2.10. The number of rotatable bonds is 1. The molecule has 10 heavy (non-hydrogen) atoms. The van der Waals surface area contributed by atoms with Crippen molar-refractivity contribution in [3.63, 3.8) is 0 Å². The number of aromatic amines is 1. The molecule has 0 aliphatic rings. The van der Waals surface area contributed by atoms with Crippen molar-refractivity contribution in [3.05, 3.63) is 17.5 Å². The number of ether oxygens (including phenoxy) is 1. The lowest BCUT2D eigenvalue weighted by Crippen LogP contribution is -2.03. The fraction of sp³-hybridized carbons (Fsp3) is 0.333. The monoisotopic (exact) mass is 139 g/mol. The van der Waals surface area contributed by atoms with Crippen LogP contribution in [0.1, 0.15) is 16.1 Å². The van der Waals surface area contributed by atoms with E-state index in [4.69, 9.17) is 0 Å². The van der Waals surface area contributed by atoms with E-state index in [0.717, 1.165) is 0 Å². The summed E-state index contributed by atoms with van der Waals surface area (Å²) >= 11 is 0. The van der Waals surface area contributed by atoms with Crippen LogP contribution in [-0.4, -0.2) is 23.3 Å². The minimum absolute atomic E-state index is 0.294. The first-order chi connectivity index (χ1) is 4.75. The van der Waals surface area contributed by atoms with Gasteiger partial charge in [0.1, 0.15) is 0 Å². The Kier molecular flexibility index (Phi) is 1.71. The second-order valence-corrected chi connectivity index (χ2v) is 1.81. The lowest BCUT2D eigenvalue weighted by Gasteiger charge is -1.92. The number of aromatic nitrogens is 2. The van der Waals surface area contributed by atoms with Gasteiger partial charge in [0.15, 0.2) is 5.69 Å². The van der Waals surface area contributed by atoms with Crippen LogP contribution >= 0.6 is 0 Å². The van der Waals surface area contributed by atoms with Gasteiger partial charge in [-0.15, -0.1) is 0 Å². The SMILES string of the molecule is COC(=O)c1n[nH][c]c1C. The molecule has 0 fully saturated rings. The summed E-state index contributed by atoms with van der Waals surface area (Å²) in [5.74, 6) is -0.435. The van der Waals surface area contributed by atoms with Crippen LogP contribution in [0, 0.1) is 13.1 Å². The lowest BCUT2D eigenvalue weighted by atomic mass is 10.3. The quantitative estimate of drug-likeness (QED) is 0.569. The van der Waals surface area contributed by atoms with Gasteiger partial charge < -0.3 is 4.74 Å². The van der Waals surface area contributed by atoms with Crippen molar-refractivity contribution in [2.24, 2.45) is 0 Å². The number of hydrogen-bond donors (Lipinski definition) is 1. The molecule has 0 saturated heterocycles. The third kappa shape index (κ3) is 1.00. The molecule has 0 atom stereocenters. The standard InChI is InChI=1S/C6H7N2O2/c1-4-3-7-8-5(4)6(9)10-2/h1-2H3,(H,7,8). The summed E-state index contributed by atoms with van der Waals surface area (Å²) in [4.78, 5) is 10.8. The number of carbonyl (C=O) groups is 1. The van der Waals surface area contributed by atoms with Gasteiger partial charge in [-0.2, -0.15) is 5.10 Å². The molecule has 0 spiro atoms. The third-order valence-corrected chi connectivity index (χ3v) is 1.15. The van der Waals surface area contributed by atoms with Crippen molar-refractivity contribution >= 4 is 5.97 Å². The van der Waals surface area contributed by atoms with Crippen molar-refractivity contribution in [3.8, 4) is 0 Å². The van der Waals surface area contributed by atoms with Gasteiger partial charge in [-0.25, -0.2) is 4.79 Å². The maximum Gasteiger partial charge on any atom is 0.358 e. The molecule has 0 aromatic carbocycles. The Morgan fingerprint density at radius 3 is 2.90 bits per heavy atom. The minimum atomic E-state index is -0.435. The number of nitrogens with one attached hydrogen (secondary N) is 1. The predicted octanol–water partition coefficient (Wildman–Crippen LogP) is 0.305. The van der Waals surface area contributed by atoms with Gasteiger partial charge in [-0.1, -0.05) is 0 Å². The van der Waals surface area contributed by atoms with Crippen LogP contribution in [0.5, 0.6) is 0 Å². The zero-order valence-corrected chi connectivity index (χ0v) is 5.76. The zero-order valence-electron chi connectivity index (χ0n) is 5.76. The highest BCUT2D eigenvalue weighted by molar-refractivity contribution is 5.88. The molecule has 0 bridgehead atoms. The van der Waals surface area contributed by atoms with Gasteiger partial charge in [0.05, 0.1) is 13.3 Å². The lowest BCUT2D eigenvalue weighted by molar-refractivity contribution is 0.0593. The Morgan fingerprint density at radius 1 is 1.80 bits per heavy atom. The topological polar surface area (TPSA) is 55.0 Å². The van der Waals surface area contributed by atoms with E-state index in [1.54, 1.807) is 6.92 Å². The van der Waals surface area contributed by atoms with Gasteiger partial charge >= 0.3 is 5.97 Å². The summed E-state index contributed by atoms with van der Waals surface area (Å²) in [6.07, 6.45) is 2.65. The fourth-order valence-electron chi connectivity index (χ4n) is 0.606. The Morgan fingerprint density at radius 2 is 2.50 bits per heavy atom. The second kappa shape index (κ2) is 2.51. The number of carbonyl (C=O) groups excluding carboxylic acids is 1. The Hall–Kier alpha value is -1.32. The largest absolute Gasteiger partial charge is 0.464 e. The molecule has 0 amide bonds. The Bertz CT molecular complexity index is 242. The number of nitrogens with zero attached hydrogens (tertiary/aromatic N) is 1. The van der Waals surface area contributed by atoms with E-state index < -0.39 is 5.97 Å². The summed E-state index contributed by atoms with van der Waals surface area (Å²) in [6, 6.07) is 0. The van der Waals surface area contributed by atoms with Gasteiger partial charge in [0.25, 0.3) is 0 Å². The van der Waals surface area contributed by atoms with Crippen LogP contribution in [-0.2, 0) is 4.74 Å². The Balaban J connectivity index is 2.93. The van der Waals surface area contributed by atoms with Crippen LogP contribution in [0.25, 0.3) is 0 Å². The number of hydrogen-bond acceptors (Lipinski definition) is 3. The maximum atomic E-state index is 10.8. The molecule has 0 unspecified atom stereocenters. The van der Waals surface area contributed by atoms with Crippen molar-refractivity contribution in [2.75, 3.05) is 7.11 Å². The summed E-state index contributed by atoms with van der Waals surface area (Å²) < 4.78 is 4.43. The van der Waals surface area contributed by atoms with Crippen LogP contribution in [0.15, 0.2) is 0 Å². The van der Waals surface area contributed by atoms with Crippen LogP contribution < -0.4 is 0 Å². The van der Waals surface area contributed by atoms with Crippen LogP contribution in [0.3, 0.4) is 0 Å². The number of aryl methyl sites for hydroxylation is 1. The molecule has 1 radical (unpaired) electrons. The van der Waals surface area contributed by atoms with E-state index in [-0.39, 0.29) is 0 Å². The van der Waals surface area contributed by atoms with E-state index in [2.05, 4.69) is 21.1 Å². The summed E-state index contributed by atoms with van der Waals surface area (Å²) in [5.41, 5.74) is 0.967. The minimum Gasteiger partial charge on any atom is -0.464 e. The van der Waals surface area contributed by atoms with Crippen molar-refractivity contribution in [2.45, 2.75) is 6.92 Å². The highest BCUT2D eigenvalue weighted by Crippen LogP contribution is 2.01. The number of H-pyrrole nitrogens is 1. The molecule has 1 heterocycles. The van der Waals surface area contributed by atoms with Gasteiger partial charge in [-0.3, -0.25) is 5.10 Å². The van der Waals surface area contributed by atoms with E-state index in [1.165, 1.54) is 7.11 Å². The van der Waals surface area contributed by atoms with Crippen molar-refractivity contribution in [1.29, 1.82) is 0 Å². The van der Waals surface area contributed by atoms with E-state index in [0.29, 0.717) is 11.3 Å². The molecule has 4 nitrogen and oxygen atoms in total. The molecular weight excluding hydrogens is 132 g/mol. The molecule has 0 saturated carbocycles. The van der Waals surface area contributed by atoms with E-state index in [9.17, 15) is 4.79 Å². The van der Waals surface area contributed by atoms with Crippen LogP contribution in [0.4, 0.5) is 0 Å². The molecule has 53 valence electrons. The third-order valence-electron chi connectivity index (χ3n) is 1.15. The average molecular weight is 139 g/mol. The van der Waals surface area contributed by atoms with Crippen molar-refractivity contribution in [1.82, 2.24) is 10.2 Å². The molecule has 0 aliphatic heterocycles. The average Bonchev–Trinajstić information content (AvgIpc) is 2.34. The molecule has 1 aromatic rings. The summed E-state index contributed by atoms with van der Waals surface area (Å²) in [6.45, 7) is 1.73. The normalized spacial score (nSPS) is 9.40. The summed E-state index contributed by atoms with van der Waals surface area (Å²) in [7, 11) is 1.32. The van der Waals surface area contributed by atoms with Gasteiger partial charge in [0, 0.05) is 5.56 Å². The number of methoxy groups -OCH3 is 1. The predicted molar refractivity (Wildman–Crippen MR) is 33.5 cm³/mol. The summed E-state index contributed by atoms with van der Waals surface area (Å²) in [5, 5.41) is 6.07. The second-order valence-electron chi connectivity index (χ2n) is 1.81. The first-order valence-electron chi connectivity index (χ1n) is 2.76. The number of esters is 1. The van der Waals surface area contributed by atoms with Gasteiger partial charge in [0.2, 0.25) is 0 Å². The van der Waals surface area contributed by atoms with E-state index >= 15 is 0 Å². The van der Waals surface area contributed by atoms with Crippen molar-refractivity contribution < 1.29 is 9.53 Å². The molecule has 4 heteroatoms. The fourth-order valence-corrected chi connectivity index (χ4v) is 0.606. The first kappa shape index (κ1) is 6.80. The van der Waals surface area contributed by atoms with Crippen LogP contribution in [0.2, 0.25) is 0 Å².